The third-order valence-electron chi connectivity index (χ3n) is 3.07. The van der Waals surface area contributed by atoms with Gasteiger partial charge in [-0.25, -0.2) is 8.42 Å². The van der Waals surface area contributed by atoms with E-state index in [-0.39, 0.29) is 27.2 Å². The number of halogens is 2. The van der Waals surface area contributed by atoms with Gasteiger partial charge in [0.2, 0.25) is 10.0 Å². The first kappa shape index (κ1) is 14.9. The molecule has 0 spiro atoms. The number of hydrogen-bond acceptors (Lipinski definition) is 4. The average molecular weight is 325 g/mol. The van der Waals surface area contributed by atoms with Crippen molar-refractivity contribution in [2.24, 2.45) is 0 Å². The molecule has 3 N–H and O–H groups in total. The molecule has 1 saturated heterocycles. The molecular weight excluding hydrogens is 311 g/mol. The van der Waals surface area contributed by atoms with Crippen LogP contribution in [0.15, 0.2) is 17.0 Å². The van der Waals surface area contributed by atoms with Gasteiger partial charge in [0.05, 0.1) is 21.8 Å². The summed E-state index contributed by atoms with van der Waals surface area (Å²) < 4.78 is 26.1. The van der Waals surface area contributed by atoms with Gasteiger partial charge >= 0.3 is 0 Å². The molecule has 19 heavy (non-hydrogen) atoms. The molecule has 0 amide bonds. The van der Waals surface area contributed by atoms with Gasteiger partial charge in [-0.2, -0.15) is 4.31 Å². The zero-order valence-corrected chi connectivity index (χ0v) is 12.3. The van der Waals surface area contributed by atoms with Gasteiger partial charge in [-0.1, -0.05) is 23.2 Å². The molecule has 1 atom stereocenters. The Morgan fingerprint density at radius 3 is 2.68 bits per heavy atom. The number of nitrogens with zero attached hydrogens (tertiary/aromatic N) is 1. The molecule has 1 fully saturated rings. The summed E-state index contributed by atoms with van der Waals surface area (Å²) in [6.45, 7) is 0.430. The minimum atomic E-state index is -3.76. The van der Waals surface area contributed by atoms with E-state index < -0.39 is 16.1 Å². The summed E-state index contributed by atoms with van der Waals surface area (Å²) >= 11 is 11.7. The second kappa shape index (κ2) is 5.46. The molecule has 1 aliphatic heterocycles. The van der Waals surface area contributed by atoms with Crippen LogP contribution in [0.2, 0.25) is 10.0 Å². The number of nitrogens with two attached hydrogens (primary N) is 1. The van der Waals surface area contributed by atoms with E-state index in [1.807, 2.05) is 0 Å². The average Bonchev–Trinajstić information content (AvgIpc) is 2.36. The number of anilines is 1. The van der Waals surface area contributed by atoms with Crippen LogP contribution in [0, 0.1) is 0 Å². The van der Waals surface area contributed by atoms with Gasteiger partial charge in [0.25, 0.3) is 0 Å². The second-order valence-electron chi connectivity index (χ2n) is 4.43. The standard InChI is InChI=1S/C11H14Cl2N2O3S/c12-8-3-4-9(10(13)11(8)14)19(17,18)15-5-1-2-7(16)6-15/h3-4,7,16H,1-2,5-6,14H2. The molecule has 106 valence electrons. The molecule has 0 saturated carbocycles. The number of piperidine rings is 1. The van der Waals surface area contributed by atoms with Crippen LogP contribution < -0.4 is 5.73 Å². The minimum Gasteiger partial charge on any atom is -0.396 e. The highest BCUT2D eigenvalue weighted by Gasteiger charge is 2.31. The molecule has 1 heterocycles. The van der Waals surface area contributed by atoms with Crippen molar-refractivity contribution in [2.75, 3.05) is 18.8 Å². The zero-order valence-electron chi connectivity index (χ0n) is 10.0. The van der Waals surface area contributed by atoms with E-state index in [9.17, 15) is 13.5 Å². The molecule has 0 aromatic heterocycles. The van der Waals surface area contributed by atoms with Crippen LogP contribution in [0.4, 0.5) is 5.69 Å². The Morgan fingerprint density at radius 1 is 1.37 bits per heavy atom. The maximum absolute atomic E-state index is 12.4. The number of nitrogen functional groups attached to an aromatic ring is 1. The molecule has 0 bridgehead atoms. The number of hydrogen-bond donors (Lipinski definition) is 2. The topological polar surface area (TPSA) is 83.6 Å². The lowest BCUT2D eigenvalue weighted by Gasteiger charge is -2.29. The molecule has 2 rings (SSSR count). The fourth-order valence-electron chi connectivity index (χ4n) is 2.03. The van der Waals surface area contributed by atoms with Gasteiger partial charge in [0.1, 0.15) is 4.90 Å². The van der Waals surface area contributed by atoms with Crippen molar-refractivity contribution in [3.8, 4) is 0 Å². The number of sulfonamides is 1. The van der Waals surface area contributed by atoms with E-state index >= 15 is 0 Å². The van der Waals surface area contributed by atoms with Crippen LogP contribution in [0.1, 0.15) is 12.8 Å². The van der Waals surface area contributed by atoms with Crippen molar-refractivity contribution in [3.63, 3.8) is 0 Å². The maximum Gasteiger partial charge on any atom is 0.244 e. The van der Waals surface area contributed by atoms with Crippen LogP contribution in [-0.2, 0) is 10.0 Å². The van der Waals surface area contributed by atoms with E-state index in [1.54, 1.807) is 0 Å². The fraction of sp³-hybridized carbons (Fsp3) is 0.455. The third-order valence-corrected chi connectivity index (χ3v) is 5.82. The molecule has 1 aliphatic rings. The highest BCUT2D eigenvalue weighted by molar-refractivity contribution is 7.89. The van der Waals surface area contributed by atoms with Crippen molar-refractivity contribution in [1.82, 2.24) is 4.31 Å². The Balaban J connectivity index is 2.42. The molecule has 0 aliphatic carbocycles. The molecule has 1 aromatic rings. The summed E-state index contributed by atoms with van der Waals surface area (Å²) in [5.41, 5.74) is 5.68. The van der Waals surface area contributed by atoms with E-state index in [4.69, 9.17) is 28.9 Å². The van der Waals surface area contributed by atoms with E-state index in [0.29, 0.717) is 19.4 Å². The number of aliphatic hydroxyl groups excluding tert-OH is 1. The SMILES string of the molecule is Nc1c(Cl)ccc(S(=O)(=O)N2CCCC(O)C2)c1Cl. The summed E-state index contributed by atoms with van der Waals surface area (Å²) in [6, 6.07) is 2.73. The Labute approximate surface area is 122 Å². The van der Waals surface area contributed by atoms with Crippen LogP contribution in [0.3, 0.4) is 0 Å². The monoisotopic (exact) mass is 324 g/mol. The van der Waals surface area contributed by atoms with E-state index in [1.165, 1.54) is 16.4 Å². The number of aliphatic hydroxyl groups is 1. The van der Waals surface area contributed by atoms with E-state index in [0.717, 1.165) is 0 Å². The molecule has 5 nitrogen and oxygen atoms in total. The van der Waals surface area contributed by atoms with E-state index in [2.05, 4.69) is 0 Å². The van der Waals surface area contributed by atoms with Crippen LogP contribution in [0.25, 0.3) is 0 Å². The first-order valence-electron chi connectivity index (χ1n) is 5.75. The summed E-state index contributed by atoms with van der Waals surface area (Å²) in [5.74, 6) is 0. The normalized spacial score (nSPS) is 21.5. The molecular formula is C11H14Cl2N2O3S. The van der Waals surface area contributed by atoms with Crippen molar-refractivity contribution >= 4 is 38.9 Å². The highest BCUT2D eigenvalue weighted by atomic mass is 35.5. The first-order valence-corrected chi connectivity index (χ1v) is 7.95. The van der Waals surface area contributed by atoms with Crippen molar-refractivity contribution in [1.29, 1.82) is 0 Å². The Hall–Kier alpha value is -0.530. The molecule has 0 radical (unpaired) electrons. The quantitative estimate of drug-likeness (QED) is 0.811. The van der Waals surface area contributed by atoms with Crippen LogP contribution >= 0.6 is 23.2 Å². The zero-order chi connectivity index (χ0) is 14.2. The summed E-state index contributed by atoms with van der Waals surface area (Å²) in [6.07, 6.45) is 0.566. The number of benzene rings is 1. The third kappa shape index (κ3) is 2.83. The highest BCUT2D eigenvalue weighted by Crippen LogP contribution is 2.35. The predicted molar refractivity (Wildman–Crippen MR) is 74.9 cm³/mol. The summed E-state index contributed by atoms with van der Waals surface area (Å²) in [4.78, 5) is -0.0785. The number of β-amino-alcohol motifs (C(OH)–C–C–N with tert-alkyl or cyclic N) is 1. The van der Waals surface area contributed by atoms with Crippen LogP contribution in [-0.4, -0.2) is 37.0 Å². The van der Waals surface area contributed by atoms with Gasteiger partial charge in [0.15, 0.2) is 0 Å². The first-order chi connectivity index (χ1) is 8.84. The largest absolute Gasteiger partial charge is 0.396 e. The minimum absolute atomic E-state index is 0.0435. The summed E-state index contributed by atoms with van der Waals surface area (Å²) in [7, 11) is -3.76. The lowest BCUT2D eigenvalue weighted by Crippen LogP contribution is -2.42. The van der Waals surface area contributed by atoms with Gasteiger partial charge < -0.3 is 10.8 Å². The Morgan fingerprint density at radius 2 is 2.05 bits per heavy atom. The number of rotatable bonds is 2. The summed E-state index contributed by atoms with van der Waals surface area (Å²) in [5, 5.41) is 9.71. The van der Waals surface area contributed by atoms with Crippen molar-refractivity contribution in [3.05, 3.63) is 22.2 Å². The molecule has 1 unspecified atom stereocenters. The van der Waals surface area contributed by atoms with Gasteiger partial charge in [-0.15, -0.1) is 0 Å². The molecule has 1 aromatic carbocycles. The lowest BCUT2D eigenvalue weighted by atomic mass is 10.1. The Bertz CT molecular complexity index is 592. The second-order valence-corrected chi connectivity index (χ2v) is 7.12. The van der Waals surface area contributed by atoms with Crippen molar-refractivity contribution < 1.29 is 13.5 Å². The smallest absolute Gasteiger partial charge is 0.244 e. The van der Waals surface area contributed by atoms with Gasteiger partial charge in [0, 0.05) is 13.1 Å². The lowest BCUT2D eigenvalue weighted by molar-refractivity contribution is 0.108. The molecule has 8 heteroatoms. The van der Waals surface area contributed by atoms with Crippen LogP contribution in [0.5, 0.6) is 0 Å². The predicted octanol–water partition coefficient (Wildman–Crippen LogP) is 1.72. The maximum atomic E-state index is 12.4. The Kier molecular flexibility index (Phi) is 4.27. The fourth-order valence-corrected chi connectivity index (χ4v) is 4.28. The van der Waals surface area contributed by atoms with Gasteiger partial charge in [-0.3, -0.25) is 0 Å². The van der Waals surface area contributed by atoms with Crippen molar-refractivity contribution in [2.45, 2.75) is 23.8 Å². The van der Waals surface area contributed by atoms with Gasteiger partial charge in [-0.05, 0) is 25.0 Å².